The molecule has 0 aromatic heterocycles. The van der Waals surface area contributed by atoms with Gasteiger partial charge in [0.25, 0.3) is 0 Å². The highest BCUT2D eigenvalue weighted by atomic mass is 32.2. The van der Waals surface area contributed by atoms with Crippen molar-refractivity contribution in [1.82, 2.24) is 4.72 Å². The third-order valence-corrected chi connectivity index (χ3v) is 5.58. The molecule has 3 rings (SSSR count). The zero-order chi connectivity index (χ0) is 18.7. The summed E-state index contributed by atoms with van der Waals surface area (Å²) < 4.78 is 38.7. The van der Waals surface area contributed by atoms with Gasteiger partial charge in [-0.15, -0.1) is 0 Å². The third kappa shape index (κ3) is 3.66. The van der Waals surface area contributed by atoms with E-state index in [1.807, 2.05) is 12.1 Å². The molecule has 0 bridgehead atoms. The number of ether oxygens (including phenoxy) is 2. The average Bonchev–Trinajstić information content (AvgIpc) is 2.61. The van der Waals surface area contributed by atoms with Gasteiger partial charge in [-0.25, -0.2) is 17.9 Å². The summed E-state index contributed by atoms with van der Waals surface area (Å²) in [5.74, 6) is -0.00524. The maximum atomic E-state index is 12.6. The van der Waals surface area contributed by atoms with Crippen molar-refractivity contribution in [3.8, 4) is 11.5 Å². The second-order valence-corrected chi connectivity index (χ2v) is 7.58. The molecule has 0 radical (unpaired) electrons. The predicted molar refractivity (Wildman–Crippen MR) is 94.5 cm³/mol. The molecular formula is C18H19NO6S. The molecule has 138 valence electrons. The van der Waals surface area contributed by atoms with Crippen LogP contribution >= 0.6 is 0 Å². The normalized spacial score (nSPS) is 13.4. The van der Waals surface area contributed by atoms with E-state index in [-0.39, 0.29) is 17.0 Å². The number of carboxylic acids is 1. The monoisotopic (exact) mass is 377 g/mol. The summed E-state index contributed by atoms with van der Waals surface area (Å²) in [7, 11) is -3.95. The lowest BCUT2D eigenvalue weighted by molar-refractivity contribution is 0.0691. The van der Waals surface area contributed by atoms with E-state index in [2.05, 4.69) is 4.72 Å². The van der Waals surface area contributed by atoms with Gasteiger partial charge in [-0.05, 0) is 36.6 Å². The lowest BCUT2D eigenvalue weighted by Gasteiger charge is -2.21. The Morgan fingerprint density at radius 3 is 2.65 bits per heavy atom. The molecule has 8 heteroatoms. The van der Waals surface area contributed by atoms with Crippen molar-refractivity contribution >= 4 is 16.0 Å². The summed E-state index contributed by atoms with van der Waals surface area (Å²) in [6.45, 7) is 2.60. The standard InChI is InChI=1S/C18H19NO6S/c1-12-4-2-7-15(16(12)18(20)21)26(22,23)19-9-8-13-5-3-6-14-17(13)25-11-10-24-14/h2-7,19H,8-11H2,1H3,(H,20,21). The number of para-hydroxylation sites is 1. The molecule has 26 heavy (non-hydrogen) atoms. The summed E-state index contributed by atoms with van der Waals surface area (Å²) in [5.41, 5.74) is 1.00. The fraction of sp³-hybridized carbons (Fsp3) is 0.278. The van der Waals surface area contributed by atoms with Gasteiger partial charge in [-0.3, -0.25) is 0 Å². The van der Waals surface area contributed by atoms with Gasteiger partial charge in [0.2, 0.25) is 10.0 Å². The first kappa shape index (κ1) is 18.2. The zero-order valence-electron chi connectivity index (χ0n) is 14.2. The van der Waals surface area contributed by atoms with Crippen molar-refractivity contribution in [2.24, 2.45) is 0 Å². The summed E-state index contributed by atoms with van der Waals surface area (Å²) in [6, 6.07) is 9.84. The largest absolute Gasteiger partial charge is 0.486 e. The quantitative estimate of drug-likeness (QED) is 0.798. The van der Waals surface area contributed by atoms with Crippen molar-refractivity contribution < 1.29 is 27.8 Å². The Hall–Kier alpha value is -2.58. The van der Waals surface area contributed by atoms with Crippen molar-refractivity contribution in [3.63, 3.8) is 0 Å². The topological polar surface area (TPSA) is 102 Å². The molecule has 0 aliphatic carbocycles. The molecule has 2 aromatic rings. The van der Waals surface area contributed by atoms with E-state index in [0.29, 0.717) is 36.7 Å². The molecule has 0 saturated carbocycles. The van der Waals surface area contributed by atoms with Crippen molar-refractivity contribution in [1.29, 1.82) is 0 Å². The minimum atomic E-state index is -3.95. The van der Waals surface area contributed by atoms with Crippen molar-refractivity contribution in [2.45, 2.75) is 18.2 Å². The van der Waals surface area contributed by atoms with E-state index >= 15 is 0 Å². The second kappa shape index (κ2) is 7.35. The van der Waals surface area contributed by atoms with E-state index in [0.717, 1.165) is 5.56 Å². The minimum absolute atomic E-state index is 0.106. The summed E-state index contributed by atoms with van der Waals surface area (Å²) in [5, 5.41) is 9.32. The SMILES string of the molecule is Cc1cccc(S(=O)(=O)NCCc2cccc3c2OCCO3)c1C(=O)O. The van der Waals surface area contributed by atoms with Gasteiger partial charge >= 0.3 is 5.97 Å². The predicted octanol–water partition coefficient (Wildman–Crippen LogP) is 1.99. The van der Waals surface area contributed by atoms with Crippen LogP contribution in [0.3, 0.4) is 0 Å². The van der Waals surface area contributed by atoms with E-state index in [1.165, 1.54) is 12.1 Å². The molecule has 1 heterocycles. The number of benzene rings is 2. The Labute approximate surface area is 151 Å². The number of aromatic carboxylic acids is 1. The molecule has 0 amide bonds. The van der Waals surface area contributed by atoms with Crippen LogP contribution < -0.4 is 14.2 Å². The lowest BCUT2D eigenvalue weighted by atomic mass is 10.1. The Bertz CT molecular complexity index is 939. The van der Waals surface area contributed by atoms with Crippen LogP contribution in [-0.2, 0) is 16.4 Å². The first-order chi connectivity index (χ1) is 12.4. The Morgan fingerprint density at radius 1 is 1.15 bits per heavy atom. The minimum Gasteiger partial charge on any atom is -0.486 e. The molecule has 1 aliphatic rings. The molecule has 7 nitrogen and oxygen atoms in total. The van der Waals surface area contributed by atoms with Crippen LogP contribution in [-0.4, -0.2) is 39.3 Å². The first-order valence-electron chi connectivity index (χ1n) is 8.10. The number of nitrogens with one attached hydrogen (secondary N) is 1. The smallest absolute Gasteiger partial charge is 0.337 e. The van der Waals surface area contributed by atoms with Crippen LogP contribution in [0.5, 0.6) is 11.5 Å². The molecule has 0 unspecified atom stereocenters. The van der Waals surface area contributed by atoms with Gasteiger partial charge in [0.1, 0.15) is 13.2 Å². The van der Waals surface area contributed by atoms with Crippen LogP contribution in [0.4, 0.5) is 0 Å². The van der Waals surface area contributed by atoms with E-state index < -0.39 is 16.0 Å². The third-order valence-electron chi connectivity index (χ3n) is 4.07. The number of carbonyl (C=O) groups is 1. The molecule has 0 saturated heterocycles. The lowest BCUT2D eigenvalue weighted by Crippen LogP contribution is -2.28. The van der Waals surface area contributed by atoms with Crippen LogP contribution in [0.25, 0.3) is 0 Å². The van der Waals surface area contributed by atoms with Crippen molar-refractivity contribution in [3.05, 3.63) is 53.1 Å². The molecule has 0 fully saturated rings. The van der Waals surface area contributed by atoms with Gasteiger partial charge < -0.3 is 14.6 Å². The number of carboxylic acid groups (broad SMARTS) is 1. The summed E-state index contributed by atoms with van der Waals surface area (Å²) in [6.07, 6.45) is 0.389. The van der Waals surface area contributed by atoms with Crippen LogP contribution in [0.2, 0.25) is 0 Å². The van der Waals surface area contributed by atoms with Gasteiger partial charge in [0, 0.05) is 6.54 Å². The molecular weight excluding hydrogens is 358 g/mol. The Morgan fingerprint density at radius 2 is 1.88 bits per heavy atom. The maximum absolute atomic E-state index is 12.6. The molecule has 2 aromatic carbocycles. The number of sulfonamides is 1. The van der Waals surface area contributed by atoms with Gasteiger partial charge in [0.05, 0.1) is 10.5 Å². The Kier molecular flexibility index (Phi) is 5.15. The van der Waals surface area contributed by atoms with E-state index in [9.17, 15) is 18.3 Å². The highest BCUT2D eigenvalue weighted by Gasteiger charge is 2.24. The van der Waals surface area contributed by atoms with Crippen molar-refractivity contribution in [2.75, 3.05) is 19.8 Å². The number of rotatable bonds is 6. The van der Waals surface area contributed by atoms with Gasteiger partial charge in [0.15, 0.2) is 11.5 Å². The van der Waals surface area contributed by atoms with Crippen LogP contribution in [0, 0.1) is 6.92 Å². The molecule has 1 aliphatic heterocycles. The highest BCUT2D eigenvalue weighted by molar-refractivity contribution is 7.89. The summed E-state index contributed by atoms with van der Waals surface area (Å²) in [4.78, 5) is 11.2. The number of hydrogen-bond acceptors (Lipinski definition) is 5. The molecule has 0 spiro atoms. The Balaban J connectivity index is 1.77. The number of hydrogen-bond donors (Lipinski definition) is 2. The fourth-order valence-corrected chi connectivity index (χ4v) is 4.17. The highest BCUT2D eigenvalue weighted by Crippen LogP contribution is 2.33. The molecule has 0 atom stereocenters. The second-order valence-electron chi connectivity index (χ2n) is 5.84. The number of fused-ring (bicyclic) bond motifs is 1. The maximum Gasteiger partial charge on any atom is 0.337 e. The zero-order valence-corrected chi connectivity index (χ0v) is 15.0. The first-order valence-corrected chi connectivity index (χ1v) is 9.58. The average molecular weight is 377 g/mol. The van der Waals surface area contributed by atoms with Crippen LogP contribution in [0.1, 0.15) is 21.5 Å². The molecule has 2 N–H and O–H groups in total. The van der Waals surface area contributed by atoms with E-state index in [1.54, 1.807) is 19.1 Å². The summed E-state index contributed by atoms with van der Waals surface area (Å²) >= 11 is 0. The van der Waals surface area contributed by atoms with E-state index in [4.69, 9.17) is 9.47 Å². The van der Waals surface area contributed by atoms with Gasteiger partial charge in [-0.1, -0.05) is 24.3 Å². The van der Waals surface area contributed by atoms with Crippen LogP contribution in [0.15, 0.2) is 41.3 Å². The number of aryl methyl sites for hydroxylation is 1. The fourth-order valence-electron chi connectivity index (χ4n) is 2.87. The van der Waals surface area contributed by atoms with Gasteiger partial charge in [-0.2, -0.15) is 0 Å².